The second-order valence-corrected chi connectivity index (χ2v) is 9.14. The molecule has 0 unspecified atom stereocenters. The lowest BCUT2D eigenvalue weighted by Gasteiger charge is -2.30. The maximum Gasteiger partial charge on any atom is 0.140 e. The number of halogens is 1. The Balaban J connectivity index is 1.32. The van der Waals surface area contributed by atoms with E-state index in [2.05, 4.69) is 40.1 Å². The topological polar surface area (TPSA) is 42.7 Å². The van der Waals surface area contributed by atoms with Gasteiger partial charge in [0.1, 0.15) is 11.3 Å². The first-order valence-electron chi connectivity index (χ1n) is 11.4. The Morgan fingerprint density at radius 3 is 2.77 bits per heavy atom. The molecule has 1 N–H and O–H groups in total. The summed E-state index contributed by atoms with van der Waals surface area (Å²) in [7, 11) is 2.15. The molecule has 0 saturated carbocycles. The molecule has 1 aliphatic heterocycles. The van der Waals surface area contributed by atoms with Crippen molar-refractivity contribution in [3.05, 3.63) is 58.7 Å². The molecule has 4 heterocycles. The van der Waals surface area contributed by atoms with Gasteiger partial charge in [0.25, 0.3) is 0 Å². The molecule has 4 nitrogen and oxygen atoms in total. The van der Waals surface area contributed by atoms with Crippen molar-refractivity contribution in [1.82, 2.24) is 19.9 Å². The average molecular weight is 407 g/mol. The summed E-state index contributed by atoms with van der Waals surface area (Å²) in [5, 5.41) is 4.56. The first kappa shape index (κ1) is 19.7. The van der Waals surface area contributed by atoms with Crippen molar-refractivity contribution in [2.75, 3.05) is 13.1 Å². The minimum atomic E-state index is -1.03. The van der Waals surface area contributed by atoms with Crippen LogP contribution in [0.4, 0.5) is 4.39 Å². The van der Waals surface area contributed by atoms with Gasteiger partial charge in [-0.2, -0.15) is 0 Å². The van der Waals surface area contributed by atoms with Crippen LogP contribution in [-0.2, 0) is 32.7 Å². The summed E-state index contributed by atoms with van der Waals surface area (Å²) in [5.41, 5.74) is 6.38. The fourth-order valence-corrected chi connectivity index (χ4v) is 5.23. The number of nitrogens with zero attached hydrogens (tertiary/aromatic N) is 3. The summed E-state index contributed by atoms with van der Waals surface area (Å²) in [5.74, 6) is 0. The van der Waals surface area contributed by atoms with Crippen molar-refractivity contribution in [1.29, 1.82) is 0 Å². The number of pyridine rings is 2. The van der Waals surface area contributed by atoms with E-state index in [0.29, 0.717) is 19.3 Å². The molecule has 3 aromatic rings. The molecule has 0 radical (unpaired) electrons. The highest BCUT2D eigenvalue weighted by Crippen LogP contribution is 2.31. The van der Waals surface area contributed by atoms with Crippen LogP contribution in [0.3, 0.4) is 0 Å². The van der Waals surface area contributed by atoms with Crippen LogP contribution >= 0.6 is 0 Å². The van der Waals surface area contributed by atoms with E-state index >= 15 is 0 Å². The van der Waals surface area contributed by atoms with Crippen LogP contribution in [0, 0.1) is 0 Å². The molecule has 0 aromatic carbocycles. The van der Waals surface area contributed by atoms with Crippen molar-refractivity contribution in [2.24, 2.45) is 7.05 Å². The van der Waals surface area contributed by atoms with E-state index in [1.807, 2.05) is 12.4 Å². The summed E-state index contributed by atoms with van der Waals surface area (Å²) < 4.78 is 17.2. The van der Waals surface area contributed by atoms with Gasteiger partial charge in [-0.25, -0.2) is 9.37 Å². The number of aromatic nitrogens is 3. The van der Waals surface area contributed by atoms with Crippen LogP contribution < -0.4 is 5.32 Å². The predicted octanol–water partition coefficient (Wildman–Crippen LogP) is 4.46. The molecule has 30 heavy (non-hydrogen) atoms. The number of piperidine rings is 1. The van der Waals surface area contributed by atoms with Crippen molar-refractivity contribution in [3.63, 3.8) is 0 Å². The second-order valence-electron chi connectivity index (χ2n) is 9.14. The third-order valence-electron chi connectivity index (χ3n) is 7.02. The van der Waals surface area contributed by atoms with E-state index < -0.39 is 5.67 Å². The molecular formula is C25H31FN4. The van der Waals surface area contributed by atoms with E-state index in [1.54, 1.807) is 0 Å². The summed E-state index contributed by atoms with van der Waals surface area (Å²) in [6.07, 6.45) is 12.0. The molecule has 0 atom stereocenters. The van der Waals surface area contributed by atoms with Gasteiger partial charge in [-0.15, -0.1) is 0 Å². The van der Waals surface area contributed by atoms with Crippen molar-refractivity contribution < 1.29 is 4.39 Å². The van der Waals surface area contributed by atoms with Crippen molar-refractivity contribution in [2.45, 2.75) is 63.5 Å². The number of fused-ring (bicyclic) bond motifs is 3. The van der Waals surface area contributed by atoms with E-state index in [9.17, 15) is 4.39 Å². The highest BCUT2D eigenvalue weighted by Gasteiger charge is 2.31. The highest BCUT2D eigenvalue weighted by molar-refractivity contribution is 5.82. The standard InChI is InChI=1S/C25H31FN4/c1-30-23-5-3-2-4-21(23)22-7-6-20(29-24(22)30)15-19-14-18(16-28-17-19)8-9-25(26)10-12-27-13-11-25/h6-7,14,16-17,27H,2-5,8-13,15H2,1H3. The molecule has 5 heteroatoms. The SMILES string of the molecule is Cn1c2c(c3ccc(Cc4cncc(CCC5(F)CCNCC5)c4)nc31)CCCC2. The largest absolute Gasteiger partial charge is 0.332 e. The highest BCUT2D eigenvalue weighted by atomic mass is 19.1. The molecular weight excluding hydrogens is 375 g/mol. The number of hydrogen-bond donors (Lipinski definition) is 1. The monoisotopic (exact) mass is 406 g/mol. The zero-order chi connectivity index (χ0) is 20.6. The summed E-state index contributed by atoms with van der Waals surface area (Å²) >= 11 is 0. The Kier molecular flexibility index (Phi) is 5.32. The Morgan fingerprint density at radius 2 is 1.90 bits per heavy atom. The minimum absolute atomic E-state index is 0.582. The fraction of sp³-hybridized carbons (Fsp3) is 0.520. The number of nitrogens with one attached hydrogen (secondary N) is 1. The first-order valence-corrected chi connectivity index (χ1v) is 11.4. The molecule has 0 amide bonds. The molecule has 0 spiro atoms. The Labute approximate surface area is 177 Å². The average Bonchev–Trinajstić information content (AvgIpc) is 3.05. The Morgan fingerprint density at radius 1 is 1.10 bits per heavy atom. The number of hydrogen-bond acceptors (Lipinski definition) is 3. The van der Waals surface area contributed by atoms with E-state index in [-0.39, 0.29) is 0 Å². The van der Waals surface area contributed by atoms with E-state index in [1.165, 1.54) is 35.9 Å². The maximum atomic E-state index is 14.9. The summed E-state index contributed by atoms with van der Waals surface area (Å²) in [6, 6.07) is 6.60. The minimum Gasteiger partial charge on any atom is -0.332 e. The van der Waals surface area contributed by atoms with Gasteiger partial charge in [0, 0.05) is 42.6 Å². The summed E-state index contributed by atoms with van der Waals surface area (Å²) in [4.78, 5) is 9.44. The Hall–Kier alpha value is -2.27. The quantitative estimate of drug-likeness (QED) is 0.680. The smallest absolute Gasteiger partial charge is 0.140 e. The molecule has 1 fully saturated rings. The normalized spacial score (nSPS) is 18.5. The van der Waals surface area contributed by atoms with E-state index in [0.717, 1.165) is 54.8 Å². The van der Waals surface area contributed by atoms with Gasteiger partial charge in [-0.1, -0.05) is 6.07 Å². The second kappa shape index (κ2) is 8.10. The van der Waals surface area contributed by atoms with Gasteiger partial charge in [-0.3, -0.25) is 4.98 Å². The number of rotatable bonds is 5. The third-order valence-corrected chi connectivity index (χ3v) is 7.02. The molecule has 5 rings (SSSR count). The van der Waals surface area contributed by atoms with Crippen LogP contribution in [-0.4, -0.2) is 33.3 Å². The lowest BCUT2D eigenvalue weighted by molar-refractivity contribution is 0.105. The molecule has 0 bridgehead atoms. The van der Waals surface area contributed by atoms with Gasteiger partial charge < -0.3 is 9.88 Å². The predicted molar refractivity (Wildman–Crippen MR) is 119 cm³/mol. The number of aryl methyl sites for hydroxylation is 3. The van der Waals surface area contributed by atoms with Gasteiger partial charge >= 0.3 is 0 Å². The lowest BCUT2D eigenvalue weighted by Crippen LogP contribution is -2.38. The third kappa shape index (κ3) is 3.87. The van der Waals surface area contributed by atoms with Gasteiger partial charge in [0.15, 0.2) is 0 Å². The lowest BCUT2D eigenvalue weighted by atomic mass is 9.88. The zero-order valence-corrected chi connectivity index (χ0v) is 17.9. The first-order chi connectivity index (χ1) is 14.6. The zero-order valence-electron chi connectivity index (χ0n) is 17.9. The van der Waals surface area contributed by atoms with Gasteiger partial charge in [0.05, 0.1) is 0 Å². The maximum absolute atomic E-state index is 14.9. The van der Waals surface area contributed by atoms with Crippen molar-refractivity contribution in [3.8, 4) is 0 Å². The van der Waals surface area contributed by atoms with Crippen LogP contribution in [0.2, 0.25) is 0 Å². The van der Waals surface area contributed by atoms with Crippen molar-refractivity contribution >= 4 is 11.0 Å². The number of alkyl halides is 1. The van der Waals surface area contributed by atoms with Gasteiger partial charge in [-0.05, 0) is 93.3 Å². The van der Waals surface area contributed by atoms with Gasteiger partial charge in [0.2, 0.25) is 0 Å². The van der Waals surface area contributed by atoms with Crippen LogP contribution in [0.1, 0.15) is 60.2 Å². The Bertz CT molecular complexity index is 1050. The fourth-order valence-electron chi connectivity index (χ4n) is 5.23. The molecule has 2 aliphatic rings. The van der Waals surface area contributed by atoms with Crippen LogP contribution in [0.5, 0.6) is 0 Å². The van der Waals surface area contributed by atoms with Crippen LogP contribution in [0.15, 0.2) is 30.6 Å². The van der Waals surface area contributed by atoms with E-state index in [4.69, 9.17) is 4.98 Å². The molecule has 3 aromatic heterocycles. The summed E-state index contributed by atoms with van der Waals surface area (Å²) in [6.45, 7) is 1.57. The van der Waals surface area contributed by atoms with Crippen LogP contribution in [0.25, 0.3) is 11.0 Å². The molecule has 158 valence electrons. The molecule has 1 aliphatic carbocycles. The molecule has 1 saturated heterocycles.